The van der Waals surface area contributed by atoms with Gasteiger partial charge in [0, 0.05) is 12.1 Å². The van der Waals surface area contributed by atoms with Gasteiger partial charge in [0.2, 0.25) is 0 Å². The van der Waals surface area contributed by atoms with Crippen molar-refractivity contribution in [1.29, 1.82) is 0 Å². The number of benzene rings is 2. The molecule has 3 rings (SSSR count). The van der Waals surface area contributed by atoms with E-state index >= 15 is 0 Å². The summed E-state index contributed by atoms with van der Waals surface area (Å²) in [6, 6.07) is 17.2. The fourth-order valence-electron chi connectivity index (χ4n) is 2.76. The maximum atomic E-state index is 12.5. The molecule has 0 radical (unpaired) electrons. The molecule has 6 nitrogen and oxygen atoms in total. The van der Waals surface area contributed by atoms with Gasteiger partial charge < -0.3 is 14.5 Å². The summed E-state index contributed by atoms with van der Waals surface area (Å²) in [6.45, 7) is 0.400. The van der Waals surface area contributed by atoms with Crippen LogP contribution in [0.3, 0.4) is 0 Å². The minimum Gasteiger partial charge on any atom is -0.497 e. The zero-order valence-corrected chi connectivity index (χ0v) is 16.2. The van der Waals surface area contributed by atoms with Gasteiger partial charge in [0.1, 0.15) is 5.75 Å². The number of sulfone groups is 1. The van der Waals surface area contributed by atoms with Crippen molar-refractivity contribution in [2.75, 3.05) is 13.7 Å². The molecule has 146 valence electrons. The molecule has 1 N–H and O–H groups in total. The van der Waals surface area contributed by atoms with Gasteiger partial charge in [0.25, 0.3) is 5.91 Å². The SMILES string of the molecule is COc1ccc(CCNC(=O)c2occc2CS(=O)(=O)c2ccccc2)cc1. The molecule has 2 aromatic carbocycles. The Morgan fingerprint density at radius 2 is 1.75 bits per heavy atom. The summed E-state index contributed by atoms with van der Waals surface area (Å²) < 4.78 is 35.4. The van der Waals surface area contributed by atoms with Gasteiger partial charge in [-0.05, 0) is 42.3 Å². The molecule has 0 aliphatic rings. The Morgan fingerprint density at radius 1 is 1.04 bits per heavy atom. The number of nitrogens with one attached hydrogen (secondary N) is 1. The fraction of sp³-hybridized carbons (Fsp3) is 0.190. The van der Waals surface area contributed by atoms with E-state index in [1.165, 1.54) is 24.5 Å². The van der Waals surface area contributed by atoms with Crippen LogP contribution in [0, 0.1) is 0 Å². The lowest BCUT2D eigenvalue weighted by Crippen LogP contribution is -2.26. The van der Waals surface area contributed by atoms with E-state index in [9.17, 15) is 13.2 Å². The van der Waals surface area contributed by atoms with Crippen LogP contribution in [0.4, 0.5) is 0 Å². The summed E-state index contributed by atoms with van der Waals surface area (Å²) in [5.41, 5.74) is 1.39. The first-order chi connectivity index (χ1) is 13.5. The van der Waals surface area contributed by atoms with E-state index in [1.807, 2.05) is 24.3 Å². The minimum atomic E-state index is -3.56. The van der Waals surface area contributed by atoms with E-state index in [1.54, 1.807) is 25.3 Å². The van der Waals surface area contributed by atoms with E-state index < -0.39 is 15.7 Å². The smallest absolute Gasteiger partial charge is 0.287 e. The lowest BCUT2D eigenvalue weighted by molar-refractivity contribution is 0.0925. The molecule has 1 amide bonds. The van der Waals surface area contributed by atoms with Crippen LogP contribution in [-0.2, 0) is 22.0 Å². The van der Waals surface area contributed by atoms with Crippen LogP contribution < -0.4 is 10.1 Å². The highest BCUT2D eigenvalue weighted by atomic mass is 32.2. The molecule has 7 heteroatoms. The first-order valence-corrected chi connectivity index (χ1v) is 10.4. The maximum Gasteiger partial charge on any atom is 0.287 e. The van der Waals surface area contributed by atoms with Crippen LogP contribution in [-0.4, -0.2) is 28.0 Å². The van der Waals surface area contributed by atoms with Crippen LogP contribution >= 0.6 is 0 Å². The number of methoxy groups -OCH3 is 1. The Bertz CT molecular complexity index is 1020. The van der Waals surface area contributed by atoms with Crippen molar-refractivity contribution in [2.45, 2.75) is 17.1 Å². The summed E-state index contributed by atoms with van der Waals surface area (Å²) in [4.78, 5) is 12.6. The summed E-state index contributed by atoms with van der Waals surface area (Å²) in [5, 5.41) is 2.77. The molecule has 0 saturated heterocycles. The molecule has 0 atom stereocenters. The molecule has 0 bridgehead atoms. The van der Waals surface area contributed by atoms with Crippen molar-refractivity contribution < 1.29 is 22.4 Å². The lowest BCUT2D eigenvalue weighted by Gasteiger charge is -2.07. The second-order valence-corrected chi connectivity index (χ2v) is 8.19. The summed E-state index contributed by atoms with van der Waals surface area (Å²) in [6.07, 6.45) is 1.96. The number of carbonyl (C=O) groups is 1. The average molecular weight is 399 g/mol. The van der Waals surface area contributed by atoms with E-state index in [0.717, 1.165) is 11.3 Å². The Hall–Kier alpha value is -3.06. The van der Waals surface area contributed by atoms with Gasteiger partial charge in [-0.3, -0.25) is 4.79 Å². The number of carbonyl (C=O) groups excluding carboxylic acids is 1. The van der Waals surface area contributed by atoms with Gasteiger partial charge in [-0.2, -0.15) is 0 Å². The number of rotatable bonds is 8. The Kier molecular flexibility index (Phi) is 6.16. The standard InChI is InChI=1S/C21H21NO5S/c1-26-18-9-7-16(8-10-18)11-13-22-21(23)20-17(12-14-27-20)15-28(24,25)19-5-3-2-4-6-19/h2-10,12,14H,11,13,15H2,1H3,(H,22,23). The third-order valence-corrected chi connectivity index (χ3v) is 5.94. The van der Waals surface area contributed by atoms with Crippen LogP contribution in [0.5, 0.6) is 5.75 Å². The quantitative estimate of drug-likeness (QED) is 0.629. The average Bonchev–Trinajstić information content (AvgIpc) is 3.16. The number of furan rings is 1. The van der Waals surface area contributed by atoms with Crippen molar-refractivity contribution in [2.24, 2.45) is 0 Å². The molecule has 0 aliphatic heterocycles. The largest absolute Gasteiger partial charge is 0.497 e. The molecule has 0 unspecified atom stereocenters. The van der Waals surface area contributed by atoms with E-state index in [0.29, 0.717) is 18.5 Å². The highest BCUT2D eigenvalue weighted by Gasteiger charge is 2.22. The molecule has 0 saturated carbocycles. The summed E-state index contributed by atoms with van der Waals surface area (Å²) in [5.74, 6) is 0.0630. The van der Waals surface area contributed by atoms with Crippen LogP contribution in [0.25, 0.3) is 0 Å². The molecular formula is C21H21NO5S. The third kappa shape index (κ3) is 4.80. The Morgan fingerprint density at radius 3 is 2.43 bits per heavy atom. The predicted octanol–water partition coefficient (Wildman–Crippen LogP) is 3.23. The van der Waals surface area contributed by atoms with Crippen LogP contribution in [0.1, 0.15) is 21.7 Å². The van der Waals surface area contributed by atoms with Crippen LogP contribution in [0.2, 0.25) is 0 Å². The molecule has 0 fully saturated rings. The normalized spacial score (nSPS) is 11.2. The maximum absolute atomic E-state index is 12.5. The molecule has 3 aromatic rings. The van der Waals surface area contributed by atoms with Gasteiger partial charge >= 0.3 is 0 Å². The molecule has 1 heterocycles. The van der Waals surface area contributed by atoms with Crippen molar-refractivity contribution >= 4 is 15.7 Å². The molecule has 0 aliphatic carbocycles. The van der Waals surface area contributed by atoms with Crippen molar-refractivity contribution in [3.05, 3.63) is 83.8 Å². The first-order valence-electron chi connectivity index (χ1n) is 8.75. The highest BCUT2D eigenvalue weighted by molar-refractivity contribution is 7.90. The number of amides is 1. The van der Waals surface area contributed by atoms with Crippen molar-refractivity contribution in [3.8, 4) is 5.75 Å². The van der Waals surface area contributed by atoms with Gasteiger partial charge in [0.15, 0.2) is 15.6 Å². The molecule has 28 heavy (non-hydrogen) atoms. The third-order valence-electron chi connectivity index (χ3n) is 4.26. The van der Waals surface area contributed by atoms with Crippen LogP contribution in [0.15, 0.2) is 76.2 Å². The summed E-state index contributed by atoms with van der Waals surface area (Å²) >= 11 is 0. The van der Waals surface area contributed by atoms with Crippen molar-refractivity contribution in [1.82, 2.24) is 5.32 Å². The van der Waals surface area contributed by atoms with Crippen molar-refractivity contribution in [3.63, 3.8) is 0 Å². The van der Waals surface area contributed by atoms with Gasteiger partial charge in [-0.25, -0.2) is 8.42 Å². The lowest BCUT2D eigenvalue weighted by atomic mass is 10.1. The van der Waals surface area contributed by atoms with E-state index in [4.69, 9.17) is 9.15 Å². The number of hydrogen-bond acceptors (Lipinski definition) is 5. The fourth-order valence-corrected chi connectivity index (χ4v) is 4.13. The summed E-state index contributed by atoms with van der Waals surface area (Å²) in [7, 11) is -1.96. The van der Waals surface area contributed by atoms with Gasteiger partial charge in [-0.15, -0.1) is 0 Å². The van der Waals surface area contributed by atoms with E-state index in [-0.39, 0.29) is 16.4 Å². The topological polar surface area (TPSA) is 85.6 Å². The zero-order valence-electron chi connectivity index (χ0n) is 15.4. The second-order valence-electron chi connectivity index (χ2n) is 6.20. The highest BCUT2D eigenvalue weighted by Crippen LogP contribution is 2.20. The van der Waals surface area contributed by atoms with E-state index in [2.05, 4.69) is 5.32 Å². The Labute approximate surface area is 164 Å². The first kappa shape index (κ1) is 19.7. The second kappa shape index (κ2) is 8.75. The molecule has 1 aromatic heterocycles. The zero-order chi connectivity index (χ0) is 20.0. The Balaban J connectivity index is 1.61. The number of hydrogen-bond donors (Lipinski definition) is 1. The minimum absolute atomic E-state index is 0.0224. The number of ether oxygens (including phenoxy) is 1. The van der Waals surface area contributed by atoms with Gasteiger partial charge in [-0.1, -0.05) is 30.3 Å². The molecular weight excluding hydrogens is 378 g/mol. The van der Waals surface area contributed by atoms with Gasteiger partial charge in [0.05, 0.1) is 24.0 Å². The monoisotopic (exact) mass is 399 g/mol. The predicted molar refractivity (Wildman–Crippen MR) is 105 cm³/mol. The molecule has 0 spiro atoms.